The van der Waals surface area contributed by atoms with Gasteiger partial charge in [0.1, 0.15) is 17.2 Å². The van der Waals surface area contributed by atoms with Crippen LogP contribution in [0.2, 0.25) is 0 Å². The van der Waals surface area contributed by atoms with Gasteiger partial charge in [0, 0.05) is 12.1 Å². The molecule has 2 aromatic carbocycles. The van der Waals surface area contributed by atoms with Crippen molar-refractivity contribution in [2.24, 2.45) is 0 Å². The van der Waals surface area contributed by atoms with E-state index in [0.717, 1.165) is 52.1 Å². The molecule has 30 heavy (non-hydrogen) atoms. The van der Waals surface area contributed by atoms with Crippen LogP contribution in [-0.4, -0.2) is 30.3 Å². The van der Waals surface area contributed by atoms with Gasteiger partial charge < -0.3 is 20.1 Å². The number of phenolic OH excluding ortho intramolecular Hbond substituents is 3. The number of hydrogen-bond donors (Lipinski definition) is 3. The average molecular weight is 409 g/mol. The predicted octanol–water partition coefficient (Wildman–Crippen LogP) is 3.80. The van der Waals surface area contributed by atoms with Crippen molar-refractivity contribution in [1.29, 1.82) is 0 Å². The van der Waals surface area contributed by atoms with Crippen LogP contribution in [0, 0.1) is 20.8 Å². The van der Waals surface area contributed by atoms with E-state index in [2.05, 4.69) is 10.3 Å². The van der Waals surface area contributed by atoms with Crippen molar-refractivity contribution >= 4 is 0 Å². The molecule has 0 aliphatic carbocycles. The van der Waals surface area contributed by atoms with Crippen LogP contribution >= 0.6 is 0 Å². The fourth-order valence-corrected chi connectivity index (χ4v) is 4.05. The molecule has 1 unspecified atom stereocenters. The summed E-state index contributed by atoms with van der Waals surface area (Å²) in [5.41, 5.74) is 4.82. The predicted molar refractivity (Wildman–Crippen MR) is 112 cm³/mol. The number of phenols is 3. The van der Waals surface area contributed by atoms with Gasteiger partial charge in [-0.3, -0.25) is 4.68 Å². The highest BCUT2D eigenvalue weighted by Gasteiger charge is 2.38. The standard InChI is InChI=1S/C23H27N3O4/c1-13-14(2)22-17(15(3)21(13)29)7-9-23(4,30-22)20-12-26(25-24-20)10-8-16-5-6-18(27)19(28)11-16/h5-6,11-12,27-29H,7-10H2,1-4H3. The molecule has 2 heterocycles. The van der Waals surface area contributed by atoms with E-state index < -0.39 is 5.60 Å². The largest absolute Gasteiger partial charge is 0.507 e. The highest BCUT2D eigenvalue weighted by molar-refractivity contribution is 5.58. The van der Waals surface area contributed by atoms with Crippen molar-refractivity contribution in [3.63, 3.8) is 0 Å². The molecular formula is C23H27N3O4. The van der Waals surface area contributed by atoms with Crippen LogP contribution in [0.1, 0.15) is 46.9 Å². The van der Waals surface area contributed by atoms with Crippen LogP contribution < -0.4 is 4.74 Å². The summed E-state index contributed by atoms with van der Waals surface area (Å²) in [7, 11) is 0. The van der Waals surface area contributed by atoms with E-state index in [0.29, 0.717) is 18.7 Å². The second kappa shape index (κ2) is 7.23. The van der Waals surface area contributed by atoms with Crippen LogP contribution in [0.3, 0.4) is 0 Å². The summed E-state index contributed by atoms with van der Waals surface area (Å²) in [6, 6.07) is 4.81. The second-order valence-corrected chi connectivity index (χ2v) is 8.30. The van der Waals surface area contributed by atoms with Crippen LogP contribution in [0.4, 0.5) is 0 Å². The maximum atomic E-state index is 10.4. The van der Waals surface area contributed by atoms with E-state index in [1.165, 1.54) is 6.07 Å². The highest BCUT2D eigenvalue weighted by Crippen LogP contribution is 2.45. The zero-order valence-corrected chi connectivity index (χ0v) is 17.7. The average Bonchev–Trinajstić information content (AvgIpc) is 3.21. The minimum atomic E-state index is -0.595. The number of aromatic hydroxyl groups is 3. The Bertz CT molecular complexity index is 1120. The van der Waals surface area contributed by atoms with Gasteiger partial charge in [0.25, 0.3) is 0 Å². The monoisotopic (exact) mass is 409 g/mol. The number of hydrogen-bond acceptors (Lipinski definition) is 6. The molecule has 7 nitrogen and oxygen atoms in total. The van der Waals surface area contributed by atoms with Crippen molar-refractivity contribution in [1.82, 2.24) is 15.0 Å². The first-order chi connectivity index (χ1) is 14.2. The van der Waals surface area contributed by atoms with E-state index >= 15 is 0 Å². The molecule has 0 spiro atoms. The lowest BCUT2D eigenvalue weighted by atomic mass is 9.86. The molecule has 0 fully saturated rings. The number of aryl methyl sites for hydroxylation is 2. The molecule has 158 valence electrons. The zero-order chi connectivity index (χ0) is 21.6. The lowest BCUT2D eigenvalue weighted by molar-refractivity contribution is 0.0566. The Hall–Kier alpha value is -3.22. The maximum Gasteiger partial charge on any atom is 0.157 e. The second-order valence-electron chi connectivity index (χ2n) is 8.30. The van der Waals surface area contributed by atoms with Gasteiger partial charge in [0.15, 0.2) is 17.1 Å². The lowest BCUT2D eigenvalue weighted by Gasteiger charge is -2.36. The first-order valence-electron chi connectivity index (χ1n) is 10.1. The Morgan fingerprint density at radius 2 is 1.83 bits per heavy atom. The molecule has 1 aliphatic rings. The molecule has 1 atom stereocenters. The molecule has 3 aromatic rings. The Balaban J connectivity index is 1.54. The van der Waals surface area contributed by atoms with Crippen molar-refractivity contribution in [3.8, 4) is 23.0 Å². The van der Waals surface area contributed by atoms with Crippen LogP contribution in [0.5, 0.6) is 23.0 Å². The molecule has 0 bridgehead atoms. The minimum Gasteiger partial charge on any atom is -0.507 e. The Morgan fingerprint density at radius 1 is 1.07 bits per heavy atom. The van der Waals surface area contributed by atoms with Gasteiger partial charge in [-0.05, 0) is 81.3 Å². The molecule has 0 saturated heterocycles. The first kappa shape index (κ1) is 20.1. The van der Waals surface area contributed by atoms with Gasteiger partial charge in [-0.2, -0.15) is 0 Å². The van der Waals surface area contributed by atoms with E-state index in [1.54, 1.807) is 16.8 Å². The van der Waals surface area contributed by atoms with Gasteiger partial charge in [0.2, 0.25) is 0 Å². The van der Waals surface area contributed by atoms with Gasteiger partial charge >= 0.3 is 0 Å². The summed E-state index contributed by atoms with van der Waals surface area (Å²) in [6.45, 7) is 8.44. The number of benzene rings is 2. The quantitative estimate of drug-likeness (QED) is 0.567. The smallest absolute Gasteiger partial charge is 0.157 e. The molecular weight excluding hydrogens is 382 g/mol. The summed E-state index contributed by atoms with van der Waals surface area (Å²) in [5, 5.41) is 38.1. The number of aromatic nitrogens is 3. The normalized spacial score (nSPS) is 18.1. The summed E-state index contributed by atoms with van der Waals surface area (Å²) in [5.74, 6) is 0.939. The van der Waals surface area contributed by atoms with Gasteiger partial charge in [-0.25, -0.2) is 0 Å². The Labute approximate surface area is 175 Å². The fourth-order valence-electron chi connectivity index (χ4n) is 4.05. The van der Waals surface area contributed by atoms with Crippen molar-refractivity contribution in [2.45, 2.75) is 59.1 Å². The van der Waals surface area contributed by atoms with Gasteiger partial charge in [0.05, 0.1) is 6.20 Å². The zero-order valence-electron chi connectivity index (χ0n) is 17.7. The molecule has 4 rings (SSSR count). The lowest BCUT2D eigenvalue weighted by Crippen LogP contribution is -2.35. The third kappa shape index (κ3) is 3.34. The van der Waals surface area contributed by atoms with Crippen molar-refractivity contribution in [2.75, 3.05) is 0 Å². The molecule has 3 N–H and O–H groups in total. The summed E-state index contributed by atoms with van der Waals surface area (Å²) in [4.78, 5) is 0. The Kier molecular flexibility index (Phi) is 4.84. The van der Waals surface area contributed by atoms with Crippen LogP contribution in [0.15, 0.2) is 24.4 Å². The fraction of sp³-hybridized carbons (Fsp3) is 0.391. The summed E-state index contributed by atoms with van der Waals surface area (Å²) < 4.78 is 8.24. The first-order valence-corrected chi connectivity index (χ1v) is 10.1. The number of rotatable bonds is 4. The van der Waals surface area contributed by atoms with Crippen LogP contribution in [0.25, 0.3) is 0 Å². The Morgan fingerprint density at radius 3 is 2.57 bits per heavy atom. The van der Waals surface area contributed by atoms with E-state index in [9.17, 15) is 15.3 Å². The number of ether oxygens (including phenoxy) is 1. The highest BCUT2D eigenvalue weighted by atomic mass is 16.5. The topological polar surface area (TPSA) is 101 Å². The van der Waals surface area contributed by atoms with E-state index in [1.807, 2.05) is 33.9 Å². The molecule has 1 aliphatic heterocycles. The summed E-state index contributed by atoms with van der Waals surface area (Å²) in [6.07, 6.45) is 4.09. The molecule has 1 aromatic heterocycles. The van der Waals surface area contributed by atoms with Gasteiger partial charge in [-0.1, -0.05) is 11.3 Å². The van der Waals surface area contributed by atoms with Crippen LogP contribution in [-0.2, 0) is 25.0 Å². The third-order valence-electron chi connectivity index (χ3n) is 6.27. The third-order valence-corrected chi connectivity index (χ3v) is 6.27. The molecule has 0 amide bonds. The summed E-state index contributed by atoms with van der Waals surface area (Å²) >= 11 is 0. The molecule has 0 saturated carbocycles. The minimum absolute atomic E-state index is 0.124. The van der Waals surface area contributed by atoms with Crippen molar-refractivity contribution < 1.29 is 20.1 Å². The van der Waals surface area contributed by atoms with E-state index in [-0.39, 0.29) is 11.5 Å². The number of nitrogens with zero attached hydrogens (tertiary/aromatic N) is 3. The molecule has 7 heteroatoms. The number of fused-ring (bicyclic) bond motifs is 1. The molecule has 0 radical (unpaired) electrons. The van der Waals surface area contributed by atoms with Crippen molar-refractivity contribution in [3.05, 3.63) is 57.9 Å². The SMILES string of the molecule is Cc1c(C)c2c(c(C)c1O)CCC(C)(c1cn(CCc3ccc(O)c(O)c3)nn1)O2. The maximum absolute atomic E-state index is 10.4. The van der Waals surface area contributed by atoms with E-state index in [4.69, 9.17) is 4.74 Å². The van der Waals surface area contributed by atoms with Gasteiger partial charge in [-0.15, -0.1) is 5.10 Å².